The van der Waals surface area contributed by atoms with E-state index < -0.39 is 5.91 Å². The zero-order chi connectivity index (χ0) is 21.6. The molecule has 0 aliphatic heterocycles. The SMILES string of the molecule is COCc1csc(NC(=O)c2nc(Sc3ncn[nH]3)ccc2Sc2ccc(F)cc2)n1. The van der Waals surface area contributed by atoms with Gasteiger partial charge in [-0.15, -0.1) is 11.3 Å². The molecule has 158 valence electrons. The number of hydrogen-bond donors (Lipinski definition) is 2. The molecule has 0 bridgehead atoms. The van der Waals surface area contributed by atoms with Crippen LogP contribution in [0, 0.1) is 5.82 Å². The van der Waals surface area contributed by atoms with E-state index in [1.807, 2.05) is 5.38 Å². The fourth-order valence-corrected chi connectivity index (χ4v) is 4.69. The lowest BCUT2D eigenvalue weighted by Gasteiger charge is -2.10. The highest BCUT2D eigenvalue weighted by molar-refractivity contribution is 7.99. The topological polar surface area (TPSA) is 106 Å². The smallest absolute Gasteiger partial charge is 0.277 e. The minimum atomic E-state index is -0.400. The molecule has 0 radical (unpaired) electrons. The molecule has 4 rings (SSSR count). The summed E-state index contributed by atoms with van der Waals surface area (Å²) in [6, 6.07) is 9.63. The van der Waals surface area contributed by atoms with Gasteiger partial charge >= 0.3 is 0 Å². The maximum atomic E-state index is 13.2. The van der Waals surface area contributed by atoms with E-state index >= 15 is 0 Å². The lowest BCUT2D eigenvalue weighted by molar-refractivity contribution is 0.101. The number of ether oxygens (including phenoxy) is 1. The Bertz CT molecular complexity index is 1170. The van der Waals surface area contributed by atoms with Gasteiger partial charge in [-0.2, -0.15) is 5.10 Å². The van der Waals surface area contributed by atoms with E-state index in [9.17, 15) is 9.18 Å². The largest absolute Gasteiger partial charge is 0.378 e. The summed E-state index contributed by atoms with van der Waals surface area (Å²) in [5.41, 5.74) is 0.952. The van der Waals surface area contributed by atoms with Gasteiger partial charge in [0, 0.05) is 22.3 Å². The molecule has 2 N–H and O–H groups in total. The first kappa shape index (κ1) is 21.4. The molecule has 12 heteroatoms. The van der Waals surface area contributed by atoms with Crippen LogP contribution in [0.1, 0.15) is 16.2 Å². The maximum Gasteiger partial charge on any atom is 0.277 e. The second-order valence-corrected chi connectivity index (χ2v) is 8.96. The molecule has 0 saturated heterocycles. The van der Waals surface area contributed by atoms with Gasteiger partial charge in [0.25, 0.3) is 5.91 Å². The maximum absolute atomic E-state index is 13.2. The van der Waals surface area contributed by atoms with E-state index in [4.69, 9.17) is 4.74 Å². The number of thiazole rings is 1. The van der Waals surface area contributed by atoms with Crippen LogP contribution in [0.4, 0.5) is 9.52 Å². The molecule has 1 aromatic carbocycles. The van der Waals surface area contributed by atoms with Gasteiger partial charge in [0.1, 0.15) is 22.9 Å². The number of nitrogens with one attached hydrogen (secondary N) is 2. The van der Waals surface area contributed by atoms with Crippen LogP contribution in [0.3, 0.4) is 0 Å². The van der Waals surface area contributed by atoms with E-state index in [1.165, 1.54) is 53.3 Å². The molecule has 0 aliphatic rings. The molecule has 0 fully saturated rings. The van der Waals surface area contributed by atoms with Gasteiger partial charge in [-0.3, -0.25) is 15.2 Å². The number of nitrogens with zero attached hydrogens (tertiary/aromatic N) is 4. The molecular weight excluding hydrogens is 459 g/mol. The minimum Gasteiger partial charge on any atom is -0.378 e. The van der Waals surface area contributed by atoms with Crippen molar-refractivity contribution in [3.05, 3.63) is 65.3 Å². The first-order chi connectivity index (χ1) is 15.1. The summed E-state index contributed by atoms with van der Waals surface area (Å²) in [5.74, 6) is -0.724. The molecule has 8 nitrogen and oxygen atoms in total. The molecule has 0 saturated carbocycles. The average Bonchev–Trinajstić information content (AvgIpc) is 3.43. The summed E-state index contributed by atoms with van der Waals surface area (Å²) >= 11 is 3.88. The van der Waals surface area contributed by atoms with E-state index in [0.717, 1.165) is 10.6 Å². The number of carbonyl (C=O) groups excluding carboxylic acids is 1. The predicted octanol–water partition coefficient (Wildman–Crippen LogP) is 4.50. The molecule has 0 atom stereocenters. The third kappa shape index (κ3) is 5.67. The zero-order valence-electron chi connectivity index (χ0n) is 16.0. The summed E-state index contributed by atoms with van der Waals surface area (Å²) < 4.78 is 18.3. The average molecular weight is 475 g/mol. The first-order valence-corrected chi connectivity index (χ1v) is 11.3. The van der Waals surface area contributed by atoms with Crippen molar-refractivity contribution in [1.29, 1.82) is 0 Å². The van der Waals surface area contributed by atoms with E-state index in [-0.39, 0.29) is 11.5 Å². The van der Waals surface area contributed by atoms with Gasteiger partial charge in [0.05, 0.1) is 12.3 Å². The quantitative estimate of drug-likeness (QED) is 0.385. The highest BCUT2D eigenvalue weighted by Crippen LogP contribution is 2.33. The summed E-state index contributed by atoms with van der Waals surface area (Å²) in [7, 11) is 1.58. The highest BCUT2D eigenvalue weighted by atomic mass is 32.2. The molecule has 0 spiro atoms. The highest BCUT2D eigenvalue weighted by Gasteiger charge is 2.18. The molecule has 3 heterocycles. The van der Waals surface area contributed by atoms with Gasteiger partial charge in [0.2, 0.25) is 0 Å². The van der Waals surface area contributed by atoms with Crippen molar-refractivity contribution in [3.63, 3.8) is 0 Å². The number of rotatable bonds is 8. The van der Waals surface area contributed by atoms with Crippen molar-refractivity contribution in [2.45, 2.75) is 26.6 Å². The van der Waals surface area contributed by atoms with Gasteiger partial charge in [0.15, 0.2) is 10.3 Å². The number of carbonyl (C=O) groups is 1. The number of pyridine rings is 1. The van der Waals surface area contributed by atoms with Gasteiger partial charge < -0.3 is 4.74 Å². The molecule has 1 amide bonds. The number of aromatic amines is 1. The number of amides is 1. The Balaban J connectivity index is 1.61. The lowest BCUT2D eigenvalue weighted by Crippen LogP contribution is -2.15. The number of halogens is 1. The van der Waals surface area contributed by atoms with Crippen LogP contribution >= 0.6 is 34.9 Å². The van der Waals surface area contributed by atoms with Crippen LogP contribution in [-0.2, 0) is 11.3 Å². The Morgan fingerprint density at radius 1 is 1.19 bits per heavy atom. The fraction of sp³-hybridized carbons (Fsp3) is 0.105. The third-order valence-corrected chi connectivity index (χ3v) is 6.44. The molecule has 4 aromatic rings. The fourth-order valence-electron chi connectivity index (χ4n) is 2.44. The molecule has 3 aromatic heterocycles. The van der Waals surface area contributed by atoms with Gasteiger partial charge in [-0.25, -0.2) is 19.3 Å². The van der Waals surface area contributed by atoms with Crippen LogP contribution in [0.25, 0.3) is 0 Å². The molecule has 31 heavy (non-hydrogen) atoms. The van der Waals surface area contributed by atoms with Gasteiger partial charge in [-0.05, 0) is 48.2 Å². The van der Waals surface area contributed by atoms with Gasteiger partial charge in [-0.1, -0.05) is 11.8 Å². The zero-order valence-corrected chi connectivity index (χ0v) is 18.5. The van der Waals surface area contributed by atoms with Crippen LogP contribution in [0.2, 0.25) is 0 Å². The van der Waals surface area contributed by atoms with Crippen molar-refractivity contribution in [1.82, 2.24) is 25.1 Å². The Labute approximate surface area is 189 Å². The minimum absolute atomic E-state index is 0.224. The van der Waals surface area contributed by atoms with Crippen molar-refractivity contribution in [2.75, 3.05) is 12.4 Å². The lowest BCUT2D eigenvalue weighted by atomic mass is 10.3. The number of methoxy groups -OCH3 is 1. The third-order valence-electron chi connectivity index (χ3n) is 3.75. The summed E-state index contributed by atoms with van der Waals surface area (Å²) in [4.78, 5) is 27.4. The van der Waals surface area contributed by atoms with Crippen LogP contribution in [0.15, 0.2) is 68.1 Å². The number of hydrogen-bond acceptors (Lipinski definition) is 9. The second kappa shape index (κ2) is 10.0. The Hall–Kier alpha value is -2.80. The normalized spacial score (nSPS) is 10.9. The van der Waals surface area contributed by atoms with Crippen LogP contribution in [0.5, 0.6) is 0 Å². The molecular formula is C19H15FN6O2S3. The summed E-state index contributed by atoms with van der Waals surface area (Å²) in [6.45, 7) is 0.361. The van der Waals surface area contributed by atoms with Crippen molar-refractivity contribution >= 4 is 45.9 Å². The van der Waals surface area contributed by atoms with E-state index in [1.54, 1.807) is 31.4 Å². The first-order valence-electron chi connectivity index (χ1n) is 8.83. The van der Waals surface area contributed by atoms with Crippen molar-refractivity contribution in [3.8, 4) is 0 Å². The molecule has 0 aliphatic carbocycles. The van der Waals surface area contributed by atoms with Crippen LogP contribution in [-0.4, -0.2) is 38.2 Å². The predicted molar refractivity (Wildman–Crippen MR) is 116 cm³/mol. The molecule has 0 unspecified atom stereocenters. The Morgan fingerprint density at radius 3 is 2.77 bits per heavy atom. The van der Waals surface area contributed by atoms with Crippen molar-refractivity contribution < 1.29 is 13.9 Å². The number of aromatic nitrogens is 5. The monoisotopic (exact) mass is 474 g/mol. The second-order valence-electron chi connectivity index (χ2n) is 5.98. The number of benzene rings is 1. The van der Waals surface area contributed by atoms with E-state index in [2.05, 4.69) is 30.5 Å². The Morgan fingerprint density at radius 2 is 2.03 bits per heavy atom. The summed E-state index contributed by atoms with van der Waals surface area (Å²) in [6.07, 6.45) is 1.40. The number of H-pyrrole nitrogens is 1. The number of anilines is 1. The Kier molecular flexibility index (Phi) is 6.92. The van der Waals surface area contributed by atoms with Crippen LogP contribution < -0.4 is 5.32 Å². The van der Waals surface area contributed by atoms with E-state index in [0.29, 0.717) is 26.8 Å². The summed E-state index contributed by atoms with van der Waals surface area (Å²) in [5, 5.41) is 12.7. The standard InChI is InChI=1S/C19H15FN6O2S3/c1-28-8-12-9-29-19(23-12)25-17(27)16-14(30-13-4-2-11(20)3-5-13)6-7-15(24-16)31-18-21-10-22-26-18/h2-7,9-10H,8H2,1H3,(H,21,22,26)(H,23,25,27). The van der Waals surface area contributed by atoms with Crippen molar-refractivity contribution in [2.24, 2.45) is 0 Å².